The van der Waals surface area contributed by atoms with Gasteiger partial charge in [0.05, 0.1) is 5.56 Å². The average Bonchev–Trinajstić information content (AvgIpc) is 2.70. The highest BCUT2D eigenvalue weighted by Crippen LogP contribution is 2.50. The number of alkyl halides is 13. The third-order valence-corrected chi connectivity index (χ3v) is 5.03. The summed E-state index contributed by atoms with van der Waals surface area (Å²) >= 11 is 0. The van der Waals surface area contributed by atoms with Crippen molar-refractivity contribution in [2.45, 2.75) is 55.6 Å². The number of halogens is 13. The van der Waals surface area contributed by atoms with E-state index < -0.39 is 72.2 Å². The van der Waals surface area contributed by atoms with E-state index in [1.54, 1.807) is 0 Å². The number of fused-ring (bicyclic) bond motifs is 1. The third kappa shape index (κ3) is 4.74. The summed E-state index contributed by atoms with van der Waals surface area (Å²) in [6.45, 7) is 0. The van der Waals surface area contributed by atoms with E-state index in [0.29, 0.717) is 6.07 Å². The Labute approximate surface area is 182 Å². The Bertz CT molecular complexity index is 1080. The van der Waals surface area contributed by atoms with Crippen LogP contribution in [0.5, 0.6) is 0 Å². The zero-order valence-electron chi connectivity index (χ0n) is 16.4. The van der Waals surface area contributed by atoms with Crippen LogP contribution in [0, 0.1) is 11.3 Å². The second-order valence-electron chi connectivity index (χ2n) is 7.30. The number of nitriles is 1. The molecule has 0 saturated carbocycles. The first-order chi connectivity index (χ1) is 15.3. The molecule has 2 rings (SSSR count). The molecule has 2 aromatic carbocycles. The summed E-state index contributed by atoms with van der Waals surface area (Å²) in [5.41, 5.74) is -2.84. The van der Waals surface area contributed by atoms with E-state index in [9.17, 15) is 62.3 Å². The van der Waals surface area contributed by atoms with Crippen molar-refractivity contribution in [3.63, 3.8) is 0 Å². The molecular formula is C20H12F13N. The smallest absolute Gasteiger partial charge is 0.203 e. The van der Waals surface area contributed by atoms with Gasteiger partial charge in [-0.3, -0.25) is 0 Å². The first kappa shape index (κ1) is 27.5. The number of benzene rings is 2. The summed E-state index contributed by atoms with van der Waals surface area (Å²) in [7, 11) is 0. The minimum absolute atomic E-state index is 0.132. The van der Waals surface area contributed by atoms with E-state index in [1.165, 1.54) is 18.2 Å². The van der Waals surface area contributed by atoms with Gasteiger partial charge >= 0.3 is 36.3 Å². The molecular weight excluding hydrogens is 501 g/mol. The predicted molar refractivity (Wildman–Crippen MR) is 92.5 cm³/mol. The lowest BCUT2D eigenvalue weighted by Crippen LogP contribution is -2.58. The molecule has 0 aliphatic carbocycles. The molecule has 0 aliphatic heterocycles. The molecule has 0 N–H and O–H groups in total. The Hall–Kier alpha value is -2.72. The monoisotopic (exact) mass is 513 g/mol. The zero-order valence-corrected chi connectivity index (χ0v) is 16.4. The Morgan fingerprint density at radius 1 is 0.824 bits per heavy atom. The molecule has 0 fully saturated rings. The van der Waals surface area contributed by atoms with Crippen LogP contribution in [0.25, 0.3) is 10.8 Å². The predicted octanol–water partition coefficient (Wildman–Crippen LogP) is 7.56. The molecule has 0 unspecified atom stereocenters. The van der Waals surface area contributed by atoms with E-state index in [-0.39, 0.29) is 10.8 Å². The molecule has 14 heteroatoms. The van der Waals surface area contributed by atoms with Gasteiger partial charge in [-0.1, -0.05) is 30.3 Å². The molecule has 34 heavy (non-hydrogen) atoms. The van der Waals surface area contributed by atoms with E-state index in [2.05, 4.69) is 0 Å². The molecule has 1 nitrogen and oxygen atoms in total. The summed E-state index contributed by atoms with van der Waals surface area (Å²) < 4.78 is 171. The van der Waals surface area contributed by atoms with Crippen LogP contribution in [0.4, 0.5) is 57.1 Å². The largest absolute Gasteiger partial charge is 0.453 e. The molecule has 0 aromatic heterocycles. The van der Waals surface area contributed by atoms with Crippen LogP contribution >= 0.6 is 0 Å². The molecule has 0 amide bonds. The first-order valence-electron chi connectivity index (χ1n) is 9.10. The minimum atomic E-state index is -6.64. The lowest BCUT2D eigenvalue weighted by atomic mass is 9.87. The summed E-state index contributed by atoms with van der Waals surface area (Å²) in [5.74, 6) is -24.4. The number of hydrogen-bond donors (Lipinski definition) is 0. The molecule has 0 atom stereocenters. The van der Waals surface area contributed by atoms with Gasteiger partial charge < -0.3 is 0 Å². The van der Waals surface area contributed by atoms with Gasteiger partial charge in [0.25, 0.3) is 0 Å². The van der Waals surface area contributed by atoms with Crippen molar-refractivity contribution < 1.29 is 57.1 Å². The van der Waals surface area contributed by atoms with Crippen LogP contribution in [0.3, 0.4) is 0 Å². The first-order valence-corrected chi connectivity index (χ1v) is 9.10. The molecule has 0 bridgehead atoms. The Morgan fingerprint density at radius 3 is 1.88 bits per heavy atom. The molecule has 0 radical (unpaired) electrons. The maximum Gasteiger partial charge on any atom is 0.453 e. The van der Waals surface area contributed by atoms with Crippen molar-refractivity contribution in [1.29, 1.82) is 5.26 Å². The number of hydrogen-bond acceptors (Lipinski definition) is 1. The second kappa shape index (κ2) is 8.81. The summed E-state index contributed by atoms with van der Waals surface area (Å²) in [5, 5.41) is 9.10. The highest BCUT2D eigenvalue weighted by atomic mass is 19.4. The molecule has 2 aromatic rings. The van der Waals surface area contributed by atoms with Gasteiger partial charge in [-0.15, -0.1) is 0 Å². The summed E-state index contributed by atoms with van der Waals surface area (Å²) in [4.78, 5) is 0. The Balaban J connectivity index is 2.67. The van der Waals surface area contributed by atoms with Gasteiger partial charge in [0.15, 0.2) is 0 Å². The second-order valence-corrected chi connectivity index (χ2v) is 7.30. The number of nitrogens with zero attached hydrogens (tertiary/aromatic N) is 1. The SMILES string of the molecule is N#Cc1c(CCC(F)(F)C(F)(F)F)c(CC(F)(F)C(F)(F)C(F)(F)C(F)F)cc2ccccc12. The lowest BCUT2D eigenvalue weighted by Gasteiger charge is -2.33. The van der Waals surface area contributed by atoms with Crippen molar-refractivity contribution in [2.24, 2.45) is 0 Å². The van der Waals surface area contributed by atoms with Gasteiger partial charge in [0.1, 0.15) is 6.07 Å². The van der Waals surface area contributed by atoms with Crippen molar-refractivity contribution >= 4 is 10.8 Å². The average molecular weight is 513 g/mol. The Morgan fingerprint density at radius 2 is 1.38 bits per heavy atom. The molecule has 0 heterocycles. The van der Waals surface area contributed by atoms with Gasteiger partial charge in [0, 0.05) is 12.8 Å². The van der Waals surface area contributed by atoms with Crippen molar-refractivity contribution in [3.8, 4) is 6.07 Å². The van der Waals surface area contributed by atoms with E-state index in [1.807, 2.05) is 0 Å². The van der Waals surface area contributed by atoms with Gasteiger partial charge in [0.2, 0.25) is 0 Å². The summed E-state index contributed by atoms with van der Waals surface area (Å²) in [6.07, 6.45) is -17.3. The highest BCUT2D eigenvalue weighted by Gasteiger charge is 2.75. The van der Waals surface area contributed by atoms with Crippen LogP contribution in [0.1, 0.15) is 23.1 Å². The normalized spacial score (nSPS) is 14.0. The maximum absolute atomic E-state index is 14.2. The third-order valence-electron chi connectivity index (χ3n) is 5.03. The standard InChI is InChI=1S/C20H12F13N/c21-15(22)18(27,28)19(29,30)17(25,26)8-11-7-10-3-1-2-4-12(10)14(9-34)13(11)5-6-16(23,24)20(31,32)33/h1-4,7,15H,5-6,8H2. The zero-order chi connectivity index (χ0) is 26.3. The molecule has 0 aliphatic rings. The quantitative estimate of drug-likeness (QED) is 0.335. The topological polar surface area (TPSA) is 23.8 Å². The van der Waals surface area contributed by atoms with Crippen LogP contribution in [0.2, 0.25) is 0 Å². The van der Waals surface area contributed by atoms with Gasteiger partial charge in [-0.05, 0) is 28.3 Å². The van der Waals surface area contributed by atoms with E-state index in [4.69, 9.17) is 0 Å². The minimum Gasteiger partial charge on any atom is -0.203 e. The van der Waals surface area contributed by atoms with Gasteiger partial charge in [-0.25, -0.2) is 8.78 Å². The fourth-order valence-electron chi connectivity index (χ4n) is 3.17. The van der Waals surface area contributed by atoms with Crippen LogP contribution < -0.4 is 0 Å². The van der Waals surface area contributed by atoms with Crippen molar-refractivity contribution in [2.75, 3.05) is 0 Å². The molecule has 188 valence electrons. The van der Waals surface area contributed by atoms with E-state index in [0.717, 1.165) is 12.1 Å². The molecule has 0 spiro atoms. The van der Waals surface area contributed by atoms with Crippen LogP contribution in [-0.2, 0) is 12.8 Å². The van der Waals surface area contributed by atoms with Gasteiger partial charge in [-0.2, -0.15) is 53.6 Å². The lowest BCUT2D eigenvalue weighted by molar-refractivity contribution is -0.337. The van der Waals surface area contributed by atoms with Crippen LogP contribution in [0.15, 0.2) is 30.3 Å². The fraction of sp³-hybridized carbons (Fsp3) is 0.450. The van der Waals surface area contributed by atoms with E-state index >= 15 is 0 Å². The van der Waals surface area contributed by atoms with Crippen LogP contribution in [-0.4, -0.2) is 36.3 Å². The Kier molecular flexibility index (Phi) is 7.13. The fourth-order valence-corrected chi connectivity index (χ4v) is 3.17. The highest BCUT2D eigenvalue weighted by molar-refractivity contribution is 5.90. The number of rotatable bonds is 8. The van der Waals surface area contributed by atoms with Crippen molar-refractivity contribution in [3.05, 3.63) is 47.0 Å². The summed E-state index contributed by atoms with van der Waals surface area (Å²) in [6, 6.07) is 6.85. The molecule has 0 saturated heterocycles. The maximum atomic E-state index is 14.2. The van der Waals surface area contributed by atoms with Crippen molar-refractivity contribution in [1.82, 2.24) is 0 Å².